The molecule has 12 heteroatoms. The largest absolute Gasteiger partial charge is 0.378 e. The van der Waals surface area contributed by atoms with Gasteiger partial charge in [-0.2, -0.15) is 0 Å². The number of rotatable bonds is 7. The first-order valence-electron chi connectivity index (χ1n) is 18.1. The predicted octanol–water partition coefficient (Wildman–Crippen LogP) is 5.66. The van der Waals surface area contributed by atoms with Gasteiger partial charge in [-0.25, -0.2) is 10.4 Å². The molecule has 0 radical (unpaired) electrons. The summed E-state index contributed by atoms with van der Waals surface area (Å²) in [5.74, 6) is -0.438. The van der Waals surface area contributed by atoms with E-state index in [9.17, 15) is 14.4 Å². The molecular weight excluding hydrogens is 665 g/mol. The molecule has 0 unspecified atom stereocenters. The van der Waals surface area contributed by atoms with Crippen LogP contribution in [0.5, 0.6) is 0 Å². The molecule has 5 heterocycles. The number of fused-ring (bicyclic) bond motifs is 6. The van der Waals surface area contributed by atoms with E-state index in [0.29, 0.717) is 32.4 Å². The second-order valence-electron chi connectivity index (χ2n) is 15.1. The Labute approximate surface area is 303 Å². The standard InChI is InChI=1S/C39H48N6O5S/c1-6-44-32-13-12-26-17-28(32)29(35(44)27-9-7-15-40-34(27)24(2)49-5)19-38(3,4)22-50-23-39(21-46)14-8-16-45(43-39)37(48)30(42-36(47)25-10-11-25)18-33-41-31(26)20-51-33/h7,9,12-13,15,17,20-21,24-25,30,43H,6,8,10-11,14,16,18-19,22-23H2,1-5H3,(H,42,47)/t24-,30-,39-/m0/s1. The summed E-state index contributed by atoms with van der Waals surface area (Å²) < 4.78 is 14.6. The third-order valence-electron chi connectivity index (χ3n) is 10.5. The Kier molecular flexibility index (Phi) is 9.88. The van der Waals surface area contributed by atoms with Gasteiger partial charge in [-0.05, 0) is 81.2 Å². The van der Waals surface area contributed by atoms with Gasteiger partial charge in [0.15, 0.2) is 0 Å². The second kappa shape index (κ2) is 14.2. The molecule has 2 N–H and O–H groups in total. The van der Waals surface area contributed by atoms with Gasteiger partial charge >= 0.3 is 0 Å². The highest BCUT2D eigenvalue weighted by molar-refractivity contribution is 7.10. The van der Waals surface area contributed by atoms with Crippen molar-refractivity contribution in [3.63, 3.8) is 0 Å². The third-order valence-corrected chi connectivity index (χ3v) is 11.3. The van der Waals surface area contributed by atoms with Gasteiger partial charge in [-0.1, -0.05) is 19.9 Å². The lowest BCUT2D eigenvalue weighted by Crippen LogP contribution is -2.66. The number of hydrazine groups is 1. The van der Waals surface area contributed by atoms with Crippen LogP contribution in [0.15, 0.2) is 41.9 Å². The quantitative estimate of drug-likeness (QED) is 0.235. The van der Waals surface area contributed by atoms with E-state index in [4.69, 9.17) is 19.4 Å². The molecule has 3 aliphatic rings. The maximum Gasteiger partial charge on any atom is 0.259 e. The van der Waals surface area contributed by atoms with Gasteiger partial charge in [0, 0.05) is 66.1 Å². The van der Waals surface area contributed by atoms with Gasteiger partial charge < -0.3 is 24.2 Å². The highest BCUT2D eigenvalue weighted by atomic mass is 32.1. The molecule has 11 nitrogen and oxygen atoms in total. The lowest BCUT2D eigenvalue weighted by molar-refractivity contribution is -0.147. The van der Waals surface area contributed by atoms with Crippen LogP contribution >= 0.6 is 11.3 Å². The van der Waals surface area contributed by atoms with Gasteiger partial charge in [0.05, 0.1) is 41.4 Å². The molecule has 2 aliphatic heterocycles. The molecule has 0 spiro atoms. The van der Waals surface area contributed by atoms with E-state index in [1.54, 1.807) is 7.11 Å². The van der Waals surface area contributed by atoms with Crippen LogP contribution in [-0.2, 0) is 43.2 Å². The number of aromatic nitrogens is 3. The van der Waals surface area contributed by atoms with Crippen LogP contribution in [0.3, 0.4) is 0 Å². The molecule has 1 aromatic carbocycles. The molecule has 3 atom stereocenters. The van der Waals surface area contributed by atoms with E-state index >= 15 is 0 Å². The summed E-state index contributed by atoms with van der Waals surface area (Å²) in [4.78, 5) is 49.6. The Morgan fingerprint density at radius 2 is 2.08 bits per heavy atom. The highest BCUT2D eigenvalue weighted by Crippen LogP contribution is 2.42. The van der Waals surface area contributed by atoms with Crippen LogP contribution in [0.25, 0.3) is 33.4 Å². The van der Waals surface area contributed by atoms with E-state index in [-0.39, 0.29) is 42.3 Å². The predicted molar refractivity (Wildman–Crippen MR) is 197 cm³/mol. The van der Waals surface area contributed by atoms with E-state index in [1.165, 1.54) is 21.9 Å². The highest BCUT2D eigenvalue weighted by Gasteiger charge is 2.41. The molecule has 3 aromatic heterocycles. The number of aryl methyl sites for hydroxylation is 1. The fraction of sp³-hybridized carbons (Fsp3) is 0.513. The summed E-state index contributed by atoms with van der Waals surface area (Å²) in [6.07, 6.45) is 6.26. The first-order valence-corrected chi connectivity index (χ1v) is 18.9. The average Bonchev–Trinajstić information content (AvgIpc) is 3.82. The van der Waals surface area contributed by atoms with Gasteiger partial charge in [0.2, 0.25) is 5.91 Å². The molecule has 4 aromatic rings. The number of benzene rings is 1. The zero-order valence-corrected chi connectivity index (χ0v) is 31.0. The number of pyridine rings is 1. The summed E-state index contributed by atoms with van der Waals surface area (Å²) >= 11 is 1.49. The van der Waals surface area contributed by atoms with Crippen molar-refractivity contribution in [2.24, 2.45) is 11.3 Å². The van der Waals surface area contributed by atoms with Crippen molar-refractivity contribution < 1.29 is 23.9 Å². The zero-order valence-electron chi connectivity index (χ0n) is 30.2. The Morgan fingerprint density at radius 1 is 1.25 bits per heavy atom. The van der Waals surface area contributed by atoms with E-state index in [0.717, 1.165) is 69.8 Å². The topological polar surface area (TPSA) is 128 Å². The summed E-state index contributed by atoms with van der Waals surface area (Å²) in [7, 11) is 1.71. The average molecular weight is 713 g/mol. The van der Waals surface area contributed by atoms with Crippen LogP contribution in [-0.4, -0.2) is 76.1 Å². The number of carbonyl (C=O) groups excluding carboxylic acids is 3. The molecule has 1 saturated heterocycles. The fourth-order valence-corrected chi connectivity index (χ4v) is 8.40. The number of nitrogens with one attached hydrogen (secondary N) is 2. The van der Waals surface area contributed by atoms with Crippen molar-refractivity contribution in [2.45, 2.75) is 90.4 Å². The van der Waals surface area contributed by atoms with E-state index < -0.39 is 11.6 Å². The minimum Gasteiger partial charge on any atom is -0.378 e. The van der Waals surface area contributed by atoms with E-state index in [1.807, 2.05) is 24.6 Å². The van der Waals surface area contributed by atoms with Crippen molar-refractivity contribution in [1.29, 1.82) is 0 Å². The molecule has 270 valence electrons. The smallest absolute Gasteiger partial charge is 0.259 e. The third kappa shape index (κ3) is 7.11. The summed E-state index contributed by atoms with van der Waals surface area (Å²) in [6.45, 7) is 10.2. The molecule has 2 fully saturated rings. The summed E-state index contributed by atoms with van der Waals surface area (Å²) in [6, 6.07) is 9.81. The van der Waals surface area contributed by atoms with Gasteiger partial charge in [0.1, 0.15) is 17.9 Å². The van der Waals surface area contributed by atoms with Crippen LogP contribution in [0, 0.1) is 11.3 Å². The maximum absolute atomic E-state index is 14.1. The first-order chi connectivity index (χ1) is 24.5. The van der Waals surface area contributed by atoms with Crippen LogP contribution < -0.4 is 10.7 Å². The molecule has 6 bridgehead atoms. The van der Waals surface area contributed by atoms with Gasteiger partial charge in [-0.15, -0.1) is 11.3 Å². The number of ether oxygens (including phenoxy) is 2. The minimum absolute atomic E-state index is 0.0560. The first kappa shape index (κ1) is 35.4. The SMILES string of the molecule is CCn1c(-c2cccnc2[C@H](C)OC)c2c3cc(ccc31)-c1csc(n1)C[C@H](NC(=O)C1CC1)C(=O)N1CCC[C@](C=O)(COCC(C)(C)C2)N1. The maximum atomic E-state index is 14.1. The van der Waals surface area contributed by atoms with Gasteiger partial charge in [-0.3, -0.25) is 19.6 Å². The number of nitrogens with zero attached hydrogens (tertiary/aromatic N) is 4. The Hall–Kier alpha value is -3.97. The van der Waals surface area contributed by atoms with Crippen LogP contribution in [0.2, 0.25) is 0 Å². The minimum atomic E-state index is -1.06. The molecule has 1 saturated carbocycles. The van der Waals surface area contributed by atoms with Crippen molar-refractivity contribution >= 4 is 40.3 Å². The van der Waals surface area contributed by atoms with Crippen LogP contribution in [0.1, 0.15) is 75.7 Å². The molecule has 51 heavy (non-hydrogen) atoms. The Balaban J connectivity index is 1.37. The number of amides is 2. The number of thiazole rings is 1. The fourth-order valence-electron chi connectivity index (χ4n) is 7.55. The summed E-state index contributed by atoms with van der Waals surface area (Å²) in [5, 5.41) is 8.44. The Bertz CT molecular complexity index is 1950. The normalized spacial score (nSPS) is 23.1. The van der Waals surface area contributed by atoms with E-state index in [2.05, 4.69) is 60.3 Å². The van der Waals surface area contributed by atoms with Crippen molar-refractivity contribution in [2.75, 3.05) is 26.9 Å². The number of carbonyl (C=O) groups is 3. The lowest BCUT2D eigenvalue weighted by atomic mass is 9.84. The summed E-state index contributed by atoms with van der Waals surface area (Å²) in [5.41, 5.74) is 8.98. The molecule has 2 amide bonds. The number of methoxy groups -OCH3 is 1. The lowest BCUT2D eigenvalue weighted by Gasteiger charge is -2.41. The van der Waals surface area contributed by atoms with Crippen molar-refractivity contribution in [1.82, 2.24) is 30.3 Å². The monoisotopic (exact) mass is 712 g/mol. The van der Waals surface area contributed by atoms with Crippen molar-refractivity contribution in [3.05, 3.63) is 58.2 Å². The molecule has 1 aliphatic carbocycles. The number of aldehydes is 1. The molecule has 7 rings (SSSR count). The van der Waals surface area contributed by atoms with Crippen molar-refractivity contribution in [3.8, 4) is 22.5 Å². The number of hydrogen-bond acceptors (Lipinski definition) is 9. The zero-order chi connectivity index (χ0) is 35.9. The Morgan fingerprint density at radius 3 is 2.82 bits per heavy atom. The number of hydrogen-bond donors (Lipinski definition) is 2. The van der Waals surface area contributed by atoms with Crippen LogP contribution in [0.4, 0.5) is 0 Å². The second-order valence-corrected chi connectivity index (χ2v) is 16.0. The molecular formula is C39H48N6O5S. The van der Waals surface area contributed by atoms with Gasteiger partial charge in [0.25, 0.3) is 5.91 Å².